The highest BCUT2D eigenvalue weighted by Gasteiger charge is 1.93. The Morgan fingerprint density at radius 3 is 2.67 bits per heavy atom. The molecule has 0 amide bonds. The highest BCUT2D eigenvalue weighted by Crippen LogP contribution is 2.09. The van der Waals surface area contributed by atoms with E-state index in [-0.39, 0.29) is 0 Å². The van der Waals surface area contributed by atoms with Crippen molar-refractivity contribution < 1.29 is 0 Å². The summed E-state index contributed by atoms with van der Waals surface area (Å²) in [7, 11) is 0. The van der Waals surface area contributed by atoms with E-state index in [0.29, 0.717) is 16.5 Å². The van der Waals surface area contributed by atoms with E-state index in [9.17, 15) is 0 Å². The maximum Gasteiger partial charge on any atom is 0.147 e. The van der Waals surface area contributed by atoms with Crippen molar-refractivity contribution in [1.82, 2.24) is 4.98 Å². The van der Waals surface area contributed by atoms with Gasteiger partial charge in [0.1, 0.15) is 11.0 Å². The number of hydrogen-bond donors (Lipinski definition) is 1. The van der Waals surface area contributed by atoms with Gasteiger partial charge in [-0.15, -0.1) is 0 Å². The van der Waals surface area contributed by atoms with Crippen LogP contribution in [0.2, 0.25) is 5.15 Å². The molecule has 0 saturated carbocycles. The van der Waals surface area contributed by atoms with Gasteiger partial charge in [0.25, 0.3) is 0 Å². The zero-order valence-corrected chi connectivity index (χ0v) is 10.1. The summed E-state index contributed by atoms with van der Waals surface area (Å²) in [6.07, 6.45) is 1.64. The summed E-state index contributed by atoms with van der Waals surface area (Å²) in [5, 5.41) is 13.1. The van der Waals surface area contributed by atoms with Crippen LogP contribution in [-0.2, 0) is 0 Å². The van der Waals surface area contributed by atoms with Crippen molar-refractivity contribution in [2.75, 3.05) is 5.43 Å². The second-order valence-electron chi connectivity index (χ2n) is 3.45. The molecule has 5 heteroatoms. The molecule has 0 radical (unpaired) electrons. The average molecular weight is 257 g/mol. The van der Waals surface area contributed by atoms with E-state index in [1.54, 1.807) is 36.5 Å². The van der Waals surface area contributed by atoms with E-state index in [1.165, 1.54) is 0 Å². The van der Waals surface area contributed by atoms with Crippen molar-refractivity contribution in [3.63, 3.8) is 0 Å². The Balaban J connectivity index is 2.01. The van der Waals surface area contributed by atoms with Gasteiger partial charge in [-0.2, -0.15) is 10.4 Å². The van der Waals surface area contributed by atoms with E-state index < -0.39 is 0 Å². The molecule has 0 unspecified atom stereocenters. The Morgan fingerprint density at radius 2 is 2.00 bits per heavy atom. The number of nitrogens with zero attached hydrogens (tertiary/aromatic N) is 3. The zero-order chi connectivity index (χ0) is 12.8. The lowest BCUT2D eigenvalue weighted by Crippen LogP contribution is -1.93. The quantitative estimate of drug-likeness (QED) is 0.522. The monoisotopic (exact) mass is 256 g/mol. The summed E-state index contributed by atoms with van der Waals surface area (Å²) in [6, 6.07) is 14.4. The first kappa shape index (κ1) is 12.1. The molecule has 18 heavy (non-hydrogen) atoms. The third-order valence-corrected chi connectivity index (χ3v) is 2.36. The Bertz CT molecular complexity index is 599. The van der Waals surface area contributed by atoms with Crippen molar-refractivity contribution in [2.45, 2.75) is 0 Å². The second kappa shape index (κ2) is 5.80. The molecule has 0 aliphatic carbocycles. The van der Waals surface area contributed by atoms with Crippen molar-refractivity contribution in [1.29, 1.82) is 5.26 Å². The Labute approximate surface area is 110 Å². The minimum absolute atomic E-state index is 0.411. The summed E-state index contributed by atoms with van der Waals surface area (Å²) in [5.41, 5.74) is 4.29. The minimum atomic E-state index is 0.411. The number of benzene rings is 1. The molecule has 1 heterocycles. The van der Waals surface area contributed by atoms with Crippen LogP contribution in [0.15, 0.2) is 47.6 Å². The van der Waals surface area contributed by atoms with Crippen LogP contribution in [0, 0.1) is 11.3 Å². The van der Waals surface area contributed by atoms with E-state index in [1.807, 2.05) is 12.1 Å². The molecular formula is C13H9ClN4. The number of rotatable bonds is 3. The van der Waals surface area contributed by atoms with Gasteiger partial charge in [-0.05, 0) is 29.8 Å². The molecule has 0 aliphatic rings. The standard InChI is InChI=1S/C13H9ClN4/c14-12-2-1-3-13(17-12)18-16-9-11-6-4-10(8-15)5-7-11/h1-7,9H,(H,17,18). The summed E-state index contributed by atoms with van der Waals surface area (Å²) in [5.74, 6) is 0.576. The van der Waals surface area contributed by atoms with Crippen molar-refractivity contribution in [2.24, 2.45) is 5.10 Å². The fourth-order valence-corrected chi connectivity index (χ4v) is 1.45. The summed E-state index contributed by atoms with van der Waals surface area (Å²) in [6.45, 7) is 0. The Hall–Kier alpha value is -2.38. The SMILES string of the molecule is N#Cc1ccc(C=NNc2cccc(Cl)n2)cc1. The third kappa shape index (κ3) is 3.30. The molecule has 2 aromatic rings. The number of hydrazone groups is 1. The highest BCUT2D eigenvalue weighted by atomic mass is 35.5. The molecular weight excluding hydrogens is 248 g/mol. The summed E-state index contributed by atoms with van der Waals surface area (Å²) in [4.78, 5) is 4.03. The normalized spacial score (nSPS) is 10.2. The molecule has 4 nitrogen and oxygen atoms in total. The molecule has 0 saturated heterocycles. The van der Waals surface area contributed by atoms with Crippen molar-refractivity contribution >= 4 is 23.6 Å². The molecule has 0 bridgehead atoms. The lowest BCUT2D eigenvalue weighted by molar-refractivity contribution is 1.23. The van der Waals surface area contributed by atoms with Gasteiger partial charge in [-0.1, -0.05) is 29.8 Å². The van der Waals surface area contributed by atoms with Crippen LogP contribution in [0.1, 0.15) is 11.1 Å². The van der Waals surface area contributed by atoms with Crippen LogP contribution in [0.25, 0.3) is 0 Å². The average Bonchev–Trinajstić information content (AvgIpc) is 2.40. The number of pyridine rings is 1. The maximum absolute atomic E-state index is 8.66. The predicted octanol–water partition coefficient (Wildman–Crippen LogP) is 3.05. The topological polar surface area (TPSA) is 61.1 Å². The summed E-state index contributed by atoms with van der Waals surface area (Å²) < 4.78 is 0. The smallest absolute Gasteiger partial charge is 0.147 e. The Morgan fingerprint density at radius 1 is 1.22 bits per heavy atom. The van der Waals surface area contributed by atoms with Crippen LogP contribution < -0.4 is 5.43 Å². The van der Waals surface area contributed by atoms with Gasteiger partial charge in [0.15, 0.2) is 0 Å². The number of halogens is 1. The number of anilines is 1. The van der Waals surface area contributed by atoms with Crippen LogP contribution in [0.4, 0.5) is 5.82 Å². The Kier molecular flexibility index (Phi) is 3.90. The molecule has 0 aliphatic heterocycles. The zero-order valence-electron chi connectivity index (χ0n) is 9.34. The summed E-state index contributed by atoms with van der Waals surface area (Å²) >= 11 is 5.74. The predicted molar refractivity (Wildman–Crippen MR) is 71.6 cm³/mol. The minimum Gasteiger partial charge on any atom is -0.261 e. The largest absolute Gasteiger partial charge is 0.261 e. The molecule has 88 valence electrons. The van der Waals surface area contributed by atoms with Crippen LogP contribution in [0.5, 0.6) is 0 Å². The number of aromatic nitrogens is 1. The fraction of sp³-hybridized carbons (Fsp3) is 0. The molecule has 1 aromatic carbocycles. The van der Waals surface area contributed by atoms with Gasteiger partial charge >= 0.3 is 0 Å². The van der Waals surface area contributed by atoms with E-state index in [2.05, 4.69) is 21.6 Å². The number of nitrogens with one attached hydrogen (secondary N) is 1. The van der Waals surface area contributed by atoms with Crippen LogP contribution in [-0.4, -0.2) is 11.2 Å². The van der Waals surface area contributed by atoms with Gasteiger partial charge in [0.05, 0.1) is 17.8 Å². The number of hydrogen-bond acceptors (Lipinski definition) is 4. The first-order chi connectivity index (χ1) is 8.78. The second-order valence-corrected chi connectivity index (χ2v) is 3.84. The molecule has 0 fully saturated rings. The molecule has 1 N–H and O–H groups in total. The molecule has 2 rings (SSSR count). The highest BCUT2D eigenvalue weighted by molar-refractivity contribution is 6.29. The van der Waals surface area contributed by atoms with Crippen molar-refractivity contribution in [3.8, 4) is 6.07 Å². The van der Waals surface area contributed by atoms with Crippen LogP contribution in [0.3, 0.4) is 0 Å². The van der Waals surface area contributed by atoms with Gasteiger partial charge in [-0.25, -0.2) is 4.98 Å². The lowest BCUT2D eigenvalue weighted by atomic mass is 10.2. The number of nitriles is 1. The van der Waals surface area contributed by atoms with Gasteiger partial charge in [0, 0.05) is 0 Å². The first-order valence-electron chi connectivity index (χ1n) is 5.20. The van der Waals surface area contributed by atoms with Gasteiger partial charge < -0.3 is 0 Å². The molecule has 1 aromatic heterocycles. The van der Waals surface area contributed by atoms with E-state index in [4.69, 9.17) is 16.9 Å². The molecule has 0 atom stereocenters. The molecule has 0 spiro atoms. The fourth-order valence-electron chi connectivity index (χ4n) is 1.29. The first-order valence-corrected chi connectivity index (χ1v) is 5.57. The van der Waals surface area contributed by atoms with E-state index in [0.717, 1.165) is 5.56 Å². The van der Waals surface area contributed by atoms with Gasteiger partial charge in [0.2, 0.25) is 0 Å². The van der Waals surface area contributed by atoms with Gasteiger partial charge in [-0.3, -0.25) is 5.43 Å². The van der Waals surface area contributed by atoms with Crippen LogP contribution >= 0.6 is 11.6 Å². The van der Waals surface area contributed by atoms with E-state index >= 15 is 0 Å². The third-order valence-electron chi connectivity index (χ3n) is 2.15. The maximum atomic E-state index is 8.66. The van der Waals surface area contributed by atoms with Crippen molar-refractivity contribution in [3.05, 3.63) is 58.7 Å². The lowest BCUT2D eigenvalue weighted by Gasteiger charge is -1.98.